The number of sulfonamides is 1. The Morgan fingerprint density at radius 2 is 2.16 bits per heavy atom. The Hall–Kier alpha value is -2.35. The normalized spacial score (nSPS) is 17.7. The molecule has 0 radical (unpaired) electrons. The second-order valence-electron chi connectivity index (χ2n) is 7.06. The van der Waals surface area contributed by atoms with Crippen molar-refractivity contribution in [3.8, 4) is 5.75 Å². The van der Waals surface area contributed by atoms with Crippen molar-refractivity contribution in [1.82, 2.24) is 14.3 Å². The number of nitrogens with zero attached hydrogens (tertiary/aromatic N) is 2. The molecule has 25 heavy (non-hydrogen) atoms. The predicted octanol–water partition coefficient (Wildman–Crippen LogP) is 1.62. The Labute approximate surface area is 146 Å². The van der Waals surface area contributed by atoms with Gasteiger partial charge in [0, 0.05) is 23.9 Å². The summed E-state index contributed by atoms with van der Waals surface area (Å²) in [5.74, 6) is 0.500. The third-order valence-electron chi connectivity index (χ3n) is 4.75. The zero-order chi connectivity index (χ0) is 17.8. The molecule has 2 aliphatic heterocycles. The Bertz CT molecular complexity index is 976. The van der Waals surface area contributed by atoms with E-state index in [1.807, 2.05) is 19.9 Å². The van der Waals surface area contributed by atoms with Crippen LogP contribution in [-0.4, -0.2) is 30.5 Å². The second-order valence-corrected chi connectivity index (χ2v) is 8.69. The molecule has 1 aromatic heterocycles. The fraction of sp³-hybridized carbons (Fsp3) is 0.412. The number of carbonyl (C=O) groups is 1. The average molecular weight is 361 g/mol. The smallest absolute Gasteiger partial charge is 0.281 e. The molecule has 0 aliphatic carbocycles. The summed E-state index contributed by atoms with van der Waals surface area (Å²) in [6, 6.07) is 5.22. The zero-order valence-electron chi connectivity index (χ0n) is 14.1. The molecule has 0 atom stereocenters. The van der Waals surface area contributed by atoms with E-state index in [0.717, 1.165) is 24.2 Å². The highest BCUT2D eigenvalue weighted by Gasteiger charge is 2.35. The number of fused-ring (bicyclic) bond motifs is 2. The summed E-state index contributed by atoms with van der Waals surface area (Å²) in [6.45, 7) is 5.09. The van der Waals surface area contributed by atoms with Crippen LogP contribution in [0.2, 0.25) is 0 Å². The van der Waals surface area contributed by atoms with Crippen LogP contribution in [0.15, 0.2) is 29.4 Å². The van der Waals surface area contributed by atoms with E-state index in [2.05, 4.69) is 9.71 Å². The lowest BCUT2D eigenvalue weighted by Crippen LogP contribution is -2.32. The molecule has 3 heterocycles. The van der Waals surface area contributed by atoms with E-state index < -0.39 is 15.9 Å². The zero-order valence-corrected chi connectivity index (χ0v) is 14.9. The number of aryl methyl sites for hydroxylation is 1. The molecular formula is C17H19N3O4S. The molecule has 0 saturated heterocycles. The minimum Gasteiger partial charge on any atom is -0.492 e. The summed E-state index contributed by atoms with van der Waals surface area (Å²) in [5, 5.41) is 0.0298. The number of ether oxygens (including phenoxy) is 1. The van der Waals surface area contributed by atoms with Crippen LogP contribution in [0.25, 0.3) is 0 Å². The van der Waals surface area contributed by atoms with Gasteiger partial charge in [-0.15, -0.1) is 0 Å². The monoisotopic (exact) mass is 361 g/mol. The van der Waals surface area contributed by atoms with E-state index in [0.29, 0.717) is 18.9 Å². The van der Waals surface area contributed by atoms with Gasteiger partial charge in [-0.25, -0.2) is 9.71 Å². The molecule has 0 spiro atoms. The summed E-state index contributed by atoms with van der Waals surface area (Å²) >= 11 is 0. The maximum Gasteiger partial charge on any atom is 0.281 e. The van der Waals surface area contributed by atoms with Crippen LogP contribution < -0.4 is 9.46 Å². The van der Waals surface area contributed by atoms with Crippen molar-refractivity contribution in [3.63, 3.8) is 0 Å². The van der Waals surface area contributed by atoms with Gasteiger partial charge in [0.15, 0.2) is 5.03 Å². The molecule has 7 nitrogen and oxygen atoms in total. The quantitative estimate of drug-likeness (QED) is 0.897. The highest BCUT2D eigenvalue weighted by Crippen LogP contribution is 2.40. The fourth-order valence-electron chi connectivity index (χ4n) is 3.41. The number of hydrogen-bond donors (Lipinski definition) is 1. The topological polar surface area (TPSA) is 90.3 Å². The van der Waals surface area contributed by atoms with E-state index in [1.54, 1.807) is 16.7 Å². The Kier molecular flexibility index (Phi) is 3.44. The molecule has 8 heteroatoms. The first-order valence-electron chi connectivity index (χ1n) is 8.17. The van der Waals surface area contributed by atoms with Crippen LogP contribution in [0.1, 0.15) is 42.0 Å². The first-order valence-corrected chi connectivity index (χ1v) is 9.66. The molecule has 132 valence electrons. The van der Waals surface area contributed by atoms with Crippen molar-refractivity contribution in [3.05, 3.63) is 41.3 Å². The Morgan fingerprint density at radius 3 is 2.96 bits per heavy atom. The van der Waals surface area contributed by atoms with Gasteiger partial charge < -0.3 is 9.30 Å². The van der Waals surface area contributed by atoms with Crippen molar-refractivity contribution in [2.75, 3.05) is 6.61 Å². The van der Waals surface area contributed by atoms with Crippen molar-refractivity contribution >= 4 is 15.9 Å². The van der Waals surface area contributed by atoms with Crippen LogP contribution in [0.5, 0.6) is 5.75 Å². The maximum atomic E-state index is 12.6. The standard InChI is InChI=1S/C17H19N3O4S/c1-17(2)10-24-15-11(5-3-6-12(15)17)16(21)19-25(22,23)14-9-18-13-7-4-8-20(13)14/h3,5-6,9H,4,7-8,10H2,1-2H3,(H,19,21). The van der Waals surface area contributed by atoms with E-state index in [9.17, 15) is 13.2 Å². The number of nitrogens with one attached hydrogen (secondary N) is 1. The lowest BCUT2D eigenvalue weighted by atomic mass is 9.86. The Morgan fingerprint density at radius 1 is 1.36 bits per heavy atom. The van der Waals surface area contributed by atoms with Crippen LogP contribution in [-0.2, 0) is 28.4 Å². The van der Waals surface area contributed by atoms with Gasteiger partial charge in [0.2, 0.25) is 0 Å². The minimum atomic E-state index is -3.99. The third kappa shape index (κ3) is 2.52. The molecule has 1 amide bonds. The number of para-hydroxylation sites is 1. The molecule has 0 unspecified atom stereocenters. The molecule has 2 aromatic rings. The van der Waals surface area contributed by atoms with Gasteiger partial charge in [-0.05, 0) is 12.5 Å². The van der Waals surface area contributed by atoms with Crippen LogP contribution in [0, 0.1) is 0 Å². The van der Waals surface area contributed by atoms with Gasteiger partial charge in [-0.1, -0.05) is 26.0 Å². The SMILES string of the molecule is CC1(C)COc2c(C(=O)NS(=O)(=O)c3cnc4n3CCC4)cccc21. The number of amides is 1. The molecule has 0 saturated carbocycles. The van der Waals surface area contributed by atoms with Gasteiger partial charge in [0.05, 0.1) is 18.4 Å². The molecule has 1 aromatic carbocycles. The van der Waals surface area contributed by atoms with Gasteiger partial charge in [-0.3, -0.25) is 4.79 Å². The lowest BCUT2D eigenvalue weighted by molar-refractivity contribution is 0.0978. The number of aromatic nitrogens is 2. The first kappa shape index (κ1) is 16.1. The number of imidazole rings is 1. The second kappa shape index (κ2) is 5.32. The molecule has 2 aliphatic rings. The van der Waals surface area contributed by atoms with Gasteiger partial charge in [-0.2, -0.15) is 8.42 Å². The van der Waals surface area contributed by atoms with Gasteiger partial charge >= 0.3 is 0 Å². The molecule has 0 bridgehead atoms. The number of hydrogen-bond acceptors (Lipinski definition) is 5. The van der Waals surface area contributed by atoms with Crippen molar-refractivity contribution < 1.29 is 17.9 Å². The van der Waals surface area contributed by atoms with Gasteiger partial charge in [0.25, 0.3) is 15.9 Å². The lowest BCUT2D eigenvalue weighted by Gasteiger charge is -2.15. The van der Waals surface area contributed by atoms with E-state index in [1.165, 1.54) is 6.20 Å². The molecule has 4 rings (SSSR count). The van der Waals surface area contributed by atoms with Crippen LogP contribution >= 0.6 is 0 Å². The Balaban J connectivity index is 1.66. The van der Waals surface area contributed by atoms with Gasteiger partial charge in [0.1, 0.15) is 11.6 Å². The summed E-state index contributed by atoms with van der Waals surface area (Å²) in [4.78, 5) is 16.8. The number of carbonyl (C=O) groups excluding carboxylic acids is 1. The van der Waals surface area contributed by atoms with Crippen LogP contribution in [0.4, 0.5) is 0 Å². The van der Waals surface area contributed by atoms with Crippen LogP contribution in [0.3, 0.4) is 0 Å². The highest BCUT2D eigenvalue weighted by atomic mass is 32.2. The van der Waals surface area contributed by atoms with Crippen molar-refractivity contribution in [1.29, 1.82) is 0 Å². The summed E-state index contributed by atoms with van der Waals surface area (Å²) in [5.41, 5.74) is 0.923. The molecular weight excluding hydrogens is 342 g/mol. The summed E-state index contributed by atoms with van der Waals surface area (Å²) in [7, 11) is -3.99. The highest BCUT2D eigenvalue weighted by molar-refractivity contribution is 7.90. The van der Waals surface area contributed by atoms with E-state index in [-0.39, 0.29) is 16.0 Å². The number of benzene rings is 1. The summed E-state index contributed by atoms with van der Waals surface area (Å²) < 4.78 is 34.7. The average Bonchev–Trinajstić information content (AvgIpc) is 3.21. The fourth-order valence-corrected chi connectivity index (χ4v) is 4.55. The van der Waals surface area contributed by atoms with E-state index in [4.69, 9.17) is 4.74 Å². The molecule has 1 N–H and O–H groups in total. The number of rotatable bonds is 3. The van der Waals surface area contributed by atoms with E-state index >= 15 is 0 Å². The predicted molar refractivity (Wildman–Crippen MR) is 90.2 cm³/mol. The summed E-state index contributed by atoms with van der Waals surface area (Å²) in [6.07, 6.45) is 2.91. The first-order chi connectivity index (χ1) is 11.8. The third-order valence-corrected chi connectivity index (χ3v) is 6.08. The van der Waals surface area contributed by atoms with Crippen molar-refractivity contribution in [2.24, 2.45) is 0 Å². The largest absolute Gasteiger partial charge is 0.492 e. The van der Waals surface area contributed by atoms with Crippen molar-refractivity contribution in [2.45, 2.75) is 43.7 Å². The molecule has 0 fully saturated rings. The maximum absolute atomic E-state index is 12.6. The minimum absolute atomic E-state index is 0.0298.